The van der Waals surface area contributed by atoms with E-state index in [4.69, 9.17) is 4.74 Å². The molecule has 1 heterocycles. The van der Waals surface area contributed by atoms with Gasteiger partial charge in [0.05, 0.1) is 6.10 Å². The minimum absolute atomic E-state index is 0.0910. The van der Waals surface area contributed by atoms with Gasteiger partial charge in [-0.25, -0.2) is 9.18 Å². The summed E-state index contributed by atoms with van der Waals surface area (Å²) in [6.45, 7) is 5.73. The van der Waals surface area contributed by atoms with Gasteiger partial charge in [-0.3, -0.25) is 4.79 Å². The van der Waals surface area contributed by atoms with Gasteiger partial charge in [-0.2, -0.15) is 0 Å². The topological polar surface area (TPSA) is 70.7 Å². The summed E-state index contributed by atoms with van der Waals surface area (Å²) in [4.78, 5) is 26.5. The number of hydrogen-bond donors (Lipinski definition) is 2. The van der Waals surface area contributed by atoms with Crippen molar-refractivity contribution in [2.75, 3.05) is 25.0 Å². The molecule has 2 N–H and O–H groups in total. The van der Waals surface area contributed by atoms with Crippen molar-refractivity contribution in [1.82, 2.24) is 10.2 Å². The molecule has 0 atom stereocenters. The Morgan fingerprint density at radius 1 is 1.07 bits per heavy atom. The highest BCUT2D eigenvalue weighted by Gasteiger charge is 2.23. The van der Waals surface area contributed by atoms with Crippen molar-refractivity contribution in [3.8, 4) is 5.75 Å². The average Bonchev–Trinajstić information content (AvgIpc) is 2.74. The summed E-state index contributed by atoms with van der Waals surface area (Å²) in [6.07, 6.45) is 1.73. The molecule has 7 heteroatoms. The zero-order chi connectivity index (χ0) is 21.5. The van der Waals surface area contributed by atoms with Crippen molar-refractivity contribution in [1.29, 1.82) is 0 Å². The van der Waals surface area contributed by atoms with Crippen molar-refractivity contribution >= 4 is 17.6 Å². The molecule has 0 bridgehead atoms. The van der Waals surface area contributed by atoms with Crippen LogP contribution in [0.4, 0.5) is 14.9 Å². The van der Waals surface area contributed by atoms with E-state index < -0.39 is 0 Å². The molecular weight excluding hydrogens is 385 g/mol. The normalized spacial score (nSPS) is 14.5. The molecule has 0 aromatic heterocycles. The van der Waals surface area contributed by atoms with E-state index in [0.717, 1.165) is 18.6 Å². The first-order valence-corrected chi connectivity index (χ1v) is 10.3. The van der Waals surface area contributed by atoms with Gasteiger partial charge >= 0.3 is 6.03 Å². The van der Waals surface area contributed by atoms with Gasteiger partial charge in [-0.1, -0.05) is 0 Å². The van der Waals surface area contributed by atoms with E-state index in [1.54, 1.807) is 29.2 Å². The molecule has 0 radical (unpaired) electrons. The van der Waals surface area contributed by atoms with Gasteiger partial charge in [0.2, 0.25) is 0 Å². The summed E-state index contributed by atoms with van der Waals surface area (Å²) >= 11 is 0. The number of hydrogen-bond acceptors (Lipinski definition) is 3. The fourth-order valence-corrected chi connectivity index (χ4v) is 3.37. The van der Waals surface area contributed by atoms with Gasteiger partial charge in [0.15, 0.2) is 0 Å². The number of benzene rings is 2. The zero-order valence-electron chi connectivity index (χ0n) is 17.4. The van der Waals surface area contributed by atoms with E-state index in [9.17, 15) is 14.0 Å². The molecule has 0 saturated carbocycles. The molecule has 2 aromatic rings. The predicted octanol–water partition coefficient (Wildman–Crippen LogP) is 4.29. The summed E-state index contributed by atoms with van der Waals surface area (Å²) in [5.74, 6) is 0.624. The van der Waals surface area contributed by atoms with Gasteiger partial charge < -0.3 is 20.3 Å². The Labute approximate surface area is 176 Å². The molecule has 30 heavy (non-hydrogen) atoms. The molecule has 2 aromatic carbocycles. The molecule has 160 valence electrons. The van der Waals surface area contributed by atoms with E-state index in [-0.39, 0.29) is 23.9 Å². The summed E-state index contributed by atoms with van der Waals surface area (Å²) in [5.41, 5.74) is 1.17. The van der Waals surface area contributed by atoms with Crippen molar-refractivity contribution in [2.24, 2.45) is 5.92 Å². The van der Waals surface area contributed by atoms with Gasteiger partial charge in [0.25, 0.3) is 5.91 Å². The van der Waals surface area contributed by atoms with Crippen LogP contribution in [0.3, 0.4) is 0 Å². The molecule has 0 aliphatic carbocycles. The number of halogens is 1. The number of nitrogens with zero attached hydrogens (tertiary/aromatic N) is 1. The number of nitrogens with one attached hydrogen (secondary N) is 2. The van der Waals surface area contributed by atoms with Crippen LogP contribution in [0.25, 0.3) is 0 Å². The quantitative estimate of drug-likeness (QED) is 0.742. The number of likely N-dealkylation sites (tertiary alicyclic amines) is 1. The molecule has 3 rings (SSSR count). The Kier molecular flexibility index (Phi) is 7.27. The second-order valence-corrected chi connectivity index (χ2v) is 7.77. The molecular formula is C23H28FN3O3. The molecule has 1 fully saturated rings. The van der Waals surface area contributed by atoms with Crippen molar-refractivity contribution in [2.45, 2.75) is 32.8 Å². The maximum absolute atomic E-state index is 13.0. The fraction of sp³-hybridized carbons (Fsp3) is 0.391. The first-order valence-electron chi connectivity index (χ1n) is 10.3. The third-order valence-electron chi connectivity index (χ3n) is 5.04. The molecule has 0 unspecified atom stereocenters. The lowest BCUT2D eigenvalue weighted by Gasteiger charge is -2.32. The number of piperidine rings is 1. The third kappa shape index (κ3) is 6.20. The number of carbonyl (C=O) groups excluding carboxylic acids is 2. The SMILES string of the molecule is CC(C)Oc1ccc(C(=O)NCC2CCN(C(=O)Nc3ccc(F)cc3)CC2)cc1. The van der Waals surface area contributed by atoms with E-state index in [1.165, 1.54) is 24.3 Å². The van der Waals surface area contributed by atoms with E-state index in [0.29, 0.717) is 36.8 Å². The predicted molar refractivity (Wildman–Crippen MR) is 114 cm³/mol. The summed E-state index contributed by atoms with van der Waals surface area (Å²) in [5, 5.41) is 5.77. The summed E-state index contributed by atoms with van der Waals surface area (Å²) in [7, 11) is 0. The fourth-order valence-electron chi connectivity index (χ4n) is 3.37. The van der Waals surface area contributed by atoms with Crippen molar-refractivity contribution in [3.05, 3.63) is 59.9 Å². The van der Waals surface area contributed by atoms with Gasteiger partial charge in [0, 0.05) is 30.9 Å². The lowest BCUT2D eigenvalue weighted by Crippen LogP contribution is -2.43. The lowest BCUT2D eigenvalue weighted by atomic mass is 9.97. The van der Waals surface area contributed by atoms with Crippen LogP contribution in [0.15, 0.2) is 48.5 Å². The molecule has 1 aliphatic rings. The molecule has 6 nitrogen and oxygen atoms in total. The highest BCUT2D eigenvalue weighted by molar-refractivity contribution is 5.94. The van der Waals surface area contributed by atoms with E-state index in [2.05, 4.69) is 10.6 Å². The number of carbonyl (C=O) groups is 2. The summed E-state index contributed by atoms with van der Waals surface area (Å²) in [6, 6.07) is 12.6. The maximum atomic E-state index is 13.0. The average molecular weight is 413 g/mol. The van der Waals surface area contributed by atoms with Crippen molar-refractivity contribution in [3.63, 3.8) is 0 Å². The minimum atomic E-state index is -0.337. The molecule has 1 saturated heterocycles. The van der Waals surface area contributed by atoms with Crippen LogP contribution < -0.4 is 15.4 Å². The van der Waals surface area contributed by atoms with Gasteiger partial charge in [-0.15, -0.1) is 0 Å². The molecule has 3 amide bonds. The number of amides is 3. The number of anilines is 1. The Bertz CT molecular complexity index is 845. The molecule has 1 aliphatic heterocycles. The standard InChI is InChI=1S/C23H28FN3O3/c1-16(2)30-21-9-3-18(4-10-21)22(28)25-15-17-11-13-27(14-12-17)23(29)26-20-7-5-19(24)6-8-20/h3-10,16-17H,11-15H2,1-2H3,(H,25,28)(H,26,29). The van der Waals surface area contributed by atoms with Crippen LogP contribution in [0.2, 0.25) is 0 Å². The Balaban J connectivity index is 1.40. The third-order valence-corrected chi connectivity index (χ3v) is 5.04. The van der Waals surface area contributed by atoms with Crippen LogP contribution in [0.1, 0.15) is 37.0 Å². The molecule has 0 spiro atoms. The Morgan fingerprint density at radius 3 is 2.30 bits per heavy atom. The van der Waals surface area contributed by atoms with Crippen LogP contribution in [-0.4, -0.2) is 42.6 Å². The van der Waals surface area contributed by atoms with E-state index >= 15 is 0 Å². The second kappa shape index (κ2) is 10.1. The van der Waals surface area contributed by atoms with Crippen LogP contribution >= 0.6 is 0 Å². The summed E-state index contributed by atoms with van der Waals surface area (Å²) < 4.78 is 18.6. The van der Waals surface area contributed by atoms with Crippen LogP contribution in [-0.2, 0) is 0 Å². The monoisotopic (exact) mass is 413 g/mol. The van der Waals surface area contributed by atoms with Crippen LogP contribution in [0.5, 0.6) is 5.75 Å². The van der Waals surface area contributed by atoms with Crippen LogP contribution in [0, 0.1) is 11.7 Å². The lowest BCUT2D eigenvalue weighted by molar-refractivity contribution is 0.0938. The van der Waals surface area contributed by atoms with Gasteiger partial charge in [0.1, 0.15) is 11.6 Å². The number of rotatable bonds is 6. The number of ether oxygens (including phenoxy) is 1. The minimum Gasteiger partial charge on any atom is -0.491 e. The first kappa shape index (κ1) is 21.6. The maximum Gasteiger partial charge on any atom is 0.321 e. The zero-order valence-corrected chi connectivity index (χ0v) is 17.4. The van der Waals surface area contributed by atoms with Crippen molar-refractivity contribution < 1.29 is 18.7 Å². The first-order chi connectivity index (χ1) is 14.4. The number of urea groups is 1. The Morgan fingerprint density at radius 2 is 1.70 bits per heavy atom. The smallest absolute Gasteiger partial charge is 0.321 e. The second-order valence-electron chi connectivity index (χ2n) is 7.77. The largest absolute Gasteiger partial charge is 0.491 e. The van der Waals surface area contributed by atoms with Gasteiger partial charge in [-0.05, 0) is 81.1 Å². The van der Waals surface area contributed by atoms with E-state index in [1.807, 2.05) is 13.8 Å². The highest BCUT2D eigenvalue weighted by atomic mass is 19.1. The highest BCUT2D eigenvalue weighted by Crippen LogP contribution is 2.19. The Hall–Kier alpha value is -3.09.